The Hall–Kier alpha value is -1.17. The highest BCUT2D eigenvalue weighted by atomic mass is 16.5. The van der Waals surface area contributed by atoms with Crippen molar-refractivity contribution in [1.29, 1.82) is 0 Å². The monoisotopic (exact) mass is 345 g/mol. The van der Waals surface area contributed by atoms with Crippen molar-refractivity contribution in [1.82, 2.24) is 14.8 Å². The van der Waals surface area contributed by atoms with E-state index in [0.29, 0.717) is 12.1 Å². The fourth-order valence-corrected chi connectivity index (χ4v) is 4.66. The van der Waals surface area contributed by atoms with E-state index in [1.54, 1.807) is 6.07 Å². The second kappa shape index (κ2) is 8.02. The van der Waals surface area contributed by atoms with E-state index in [4.69, 9.17) is 4.74 Å². The standard InChI is InChI=1S/C20H31N3O2/c24-20-6-3-16-15-18(21-17-7-13-25-14-8-17)4-5-19(16)23(20)12-11-22-9-1-2-10-22/h3,6,17-18,21H,1-2,4-5,7-15H2/t18-/m1/s1. The Morgan fingerprint density at radius 2 is 1.84 bits per heavy atom. The van der Waals surface area contributed by atoms with Crippen LogP contribution in [-0.4, -0.2) is 54.4 Å². The highest BCUT2D eigenvalue weighted by Gasteiger charge is 2.24. The average molecular weight is 345 g/mol. The maximum Gasteiger partial charge on any atom is 0.250 e. The van der Waals surface area contributed by atoms with Gasteiger partial charge in [-0.1, -0.05) is 6.07 Å². The van der Waals surface area contributed by atoms with Crippen LogP contribution in [0.25, 0.3) is 0 Å². The highest BCUT2D eigenvalue weighted by molar-refractivity contribution is 5.25. The molecule has 5 heteroatoms. The van der Waals surface area contributed by atoms with E-state index >= 15 is 0 Å². The predicted molar refractivity (Wildman–Crippen MR) is 99.2 cm³/mol. The fraction of sp³-hybridized carbons (Fsp3) is 0.750. The van der Waals surface area contributed by atoms with E-state index < -0.39 is 0 Å². The Bertz CT molecular complexity index is 630. The number of fused-ring (bicyclic) bond motifs is 1. The molecule has 0 aromatic carbocycles. The normalized spacial score (nSPS) is 25.2. The number of aromatic nitrogens is 1. The summed E-state index contributed by atoms with van der Waals surface area (Å²) >= 11 is 0. The molecule has 1 aliphatic carbocycles. The molecule has 1 aromatic heterocycles. The first-order valence-corrected chi connectivity index (χ1v) is 10.1. The molecule has 0 amide bonds. The minimum atomic E-state index is 0.175. The molecular formula is C20H31N3O2. The van der Waals surface area contributed by atoms with E-state index in [2.05, 4.69) is 20.9 Å². The van der Waals surface area contributed by atoms with Gasteiger partial charge in [0, 0.05) is 50.1 Å². The SMILES string of the molecule is O=c1ccc2c(n1CCN1CCCC1)CC[C@@H](NC1CCOCC1)C2. The summed E-state index contributed by atoms with van der Waals surface area (Å²) in [7, 11) is 0. The van der Waals surface area contributed by atoms with Gasteiger partial charge in [0.05, 0.1) is 0 Å². The zero-order valence-electron chi connectivity index (χ0n) is 15.2. The first-order chi connectivity index (χ1) is 12.3. The summed E-state index contributed by atoms with van der Waals surface area (Å²) in [5.41, 5.74) is 2.84. The average Bonchev–Trinajstić information content (AvgIpc) is 3.15. The van der Waals surface area contributed by atoms with Crippen molar-refractivity contribution in [3.8, 4) is 0 Å². The largest absolute Gasteiger partial charge is 0.381 e. The zero-order chi connectivity index (χ0) is 17.1. The molecule has 5 nitrogen and oxygen atoms in total. The van der Waals surface area contributed by atoms with Gasteiger partial charge in [-0.25, -0.2) is 0 Å². The van der Waals surface area contributed by atoms with Crippen LogP contribution < -0.4 is 10.9 Å². The first kappa shape index (κ1) is 17.3. The third-order valence-electron chi connectivity index (χ3n) is 6.12. The van der Waals surface area contributed by atoms with Crippen molar-refractivity contribution in [2.45, 2.75) is 63.6 Å². The van der Waals surface area contributed by atoms with Crippen molar-refractivity contribution < 1.29 is 4.74 Å². The molecular weight excluding hydrogens is 314 g/mol. The molecule has 25 heavy (non-hydrogen) atoms. The number of pyridine rings is 1. The quantitative estimate of drug-likeness (QED) is 0.880. The van der Waals surface area contributed by atoms with Crippen molar-refractivity contribution in [3.05, 3.63) is 33.7 Å². The van der Waals surface area contributed by atoms with Crippen LogP contribution in [-0.2, 0) is 24.1 Å². The van der Waals surface area contributed by atoms with Crippen molar-refractivity contribution in [2.24, 2.45) is 0 Å². The molecule has 2 fully saturated rings. The van der Waals surface area contributed by atoms with Gasteiger partial charge in [0.25, 0.3) is 5.56 Å². The molecule has 1 N–H and O–H groups in total. The summed E-state index contributed by atoms with van der Waals surface area (Å²) < 4.78 is 7.51. The van der Waals surface area contributed by atoms with Gasteiger partial charge in [0.1, 0.15) is 0 Å². The highest BCUT2D eigenvalue weighted by Crippen LogP contribution is 2.22. The lowest BCUT2D eigenvalue weighted by molar-refractivity contribution is 0.0742. The number of rotatable bonds is 5. The number of nitrogens with one attached hydrogen (secondary N) is 1. The van der Waals surface area contributed by atoms with Crippen molar-refractivity contribution in [2.75, 3.05) is 32.8 Å². The van der Waals surface area contributed by atoms with Gasteiger partial charge in [-0.2, -0.15) is 0 Å². The number of hydrogen-bond donors (Lipinski definition) is 1. The zero-order valence-corrected chi connectivity index (χ0v) is 15.2. The van der Waals surface area contributed by atoms with E-state index in [0.717, 1.165) is 58.4 Å². The summed E-state index contributed by atoms with van der Waals surface area (Å²) in [5.74, 6) is 0. The molecule has 3 heterocycles. The maximum atomic E-state index is 12.4. The fourth-order valence-electron chi connectivity index (χ4n) is 4.66. The summed E-state index contributed by atoms with van der Waals surface area (Å²) in [4.78, 5) is 14.9. The molecule has 0 spiro atoms. The van der Waals surface area contributed by atoms with Gasteiger partial charge >= 0.3 is 0 Å². The van der Waals surface area contributed by atoms with Crippen LogP contribution in [0.2, 0.25) is 0 Å². The van der Waals surface area contributed by atoms with Crippen LogP contribution in [0.15, 0.2) is 16.9 Å². The maximum absolute atomic E-state index is 12.4. The van der Waals surface area contributed by atoms with Gasteiger partial charge in [0.15, 0.2) is 0 Å². The molecule has 1 aromatic rings. The van der Waals surface area contributed by atoms with E-state index in [9.17, 15) is 4.79 Å². The molecule has 0 radical (unpaired) electrons. The second-order valence-electron chi connectivity index (χ2n) is 7.84. The topological polar surface area (TPSA) is 46.5 Å². The number of nitrogens with zero attached hydrogens (tertiary/aromatic N) is 2. The van der Waals surface area contributed by atoms with E-state index in [-0.39, 0.29) is 5.56 Å². The summed E-state index contributed by atoms with van der Waals surface area (Å²) in [6, 6.07) is 4.99. The van der Waals surface area contributed by atoms with Gasteiger partial charge in [-0.05, 0) is 63.6 Å². The van der Waals surface area contributed by atoms with E-state index in [1.807, 2.05) is 0 Å². The molecule has 4 rings (SSSR count). The number of hydrogen-bond acceptors (Lipinski definition) is 4. The Morgan fingerprint density at radius 1 is 1.04 bits per heavy atom. The lowest BCUT2D eigenvalue weighted by Crippen LogP contribution is -2.45. The molecule has 2 saturated heterocycles. The van der Waals surface area contributed by atoms with Crippen LogP contribution in [0.3, 0.4) is 0 Å². The molecule has 0 saturated carbocycles. The summed E-state index contributed by atoms with van der Waals surface area (Å²) in [6.07, 6.45) is 8.07. The second-order valence-corrected chi connectivity index (χ2v) is 7.84. The molecule has 1 atom stereocenters. The van der Waals surface area contributed by atoms with Crippen LogP contribution in [0.4, 0.5) is 0 Å². The summed E-state index contributed by atoms with van der Waals surface area (Å²) in [6.45, 7) is 6.02. The minimum Gasteiger partial charge on any atom is -0.381 e. The number of ether oxygens (including phenoxy) is 1. The van der Waals surface area contributed by atoms with Gasteiger partial charge in [-0.15, -0.1) is 0 Å². The smallest absolute Gasteiger partial charge is 0.250 e. The third-order valence-corrected chi connectivity index (χ3v) is 6.12. The van der Waals surface area contributed by atoms with Crippen molar-refractivity contribution in [3.63, 3.8) is 0 Å². The van der Waals surface area contributed by atoms with Crippen molar-refractivity contribution >= 4 is 0 Å². The minimum absolute atomic E-state index is 0.175. The lowest BCUT2D eigenvalue weighted by atomic mass is 9.90. The molecule has 0 unspecified atom stereocenters. The Balaban J connectivity index is 1.41. The Morgan fingerprint density at radius 3 is 2.64 bits per heavy atom. The summed E-state index contributed by atoms with van der Waals surface area (Å²) in [5, 5.41) is 3.83. The van der Waals surface area contributed by atoms with Crippen LogP contribution in [0.1, 0.15) is 43.4 Å². The predicted octanol–water partition coefficient (Wildman–Crippen LogP) is 1.57. The van der Waals surface area contributed by atoms with Crippen LogP contribution in [0, 0.1) is 0 Å². The molecule has 138 valence electrons. The van der Waals surface area contributed by atoms with Gasteiger partial charge in [-0.3, -0.25) is 4.79 Å². The Labute approximate surface area is 150 Å². The van der Waals surface area contributed by atoms with Gasteiger partial charge in [0.2, 0.25) is 0 Å². The molecule has 2 aliphatic heterocycles. The van der Waals surface area contributed by atoms with Gasteiger partial charge < -0.3 is 19.5 Å². The van der Waals surface area contributed by atoms with E-state index in [1.165, 1.54) is 37.2 Å². The molecule has 0 bridgehead atoms. The lowest BCUT2D eigenvalue weighted by Gasteiger charge is -2.32. The third kappa shape index (κ3) is 4.15. The van der Waals surface area contributed by atoms with Crippen LogP contribution >= 0.6 is 0 Å². The molecule has 3 aliphatic rings. The Kier molecular flexibility index (Phi) is 5.54. The van der Waals surface area contributed by atoms with Crippen LogP contribution in [0.5, 0.6) is 0 Å². The number of likely N-dealkylation sites (tertiary alicyclic amines) is 1. The first-order valence-electron chi connectivity index (χ1n) is 10.1.